The van der Waals surface area contributed by atoms with Gasteiger partial charge in [-0.05, 0) is 96.3 Å². The first-order chi connectivity index (χ1) is 33.5. The summed E-state index contributed by atoms with van der Waals surface area (Å²) in [5, 5.41) is 13.7. The zero-order valence-electron chi connectivity index (χ0n) is 44.5. The van der Waals surface area contributed by atoms with Crippen LogP contribution in [0.5, 0.6) is 0 Å². The minimum absolute atomic E-state index is 0.0538. The number of unbranched alkanes of at least 4 members (excludes halogenated alkanes) is 14. The smallest absolute Gasteiger partial charge is 0.387 e. The summed E-state index contributed by atoms with van der Waals surface area (Å²) in [5.74, 6) is -0.194. The van der Waals surface area contributed by atoms with E-state index < -0.39 is 20.0 Å². The molecule has 3 N–H and O–H groups in total. The third-order valence-corrected chi connectivity index (χ3v) is 12.1. The second-order valence-electron chi connectivity index (χ2n) is 18.9. The van der Waals surface area contributed by atoms with Gasteiger partial charge in [0.1, 0.15) is 13.2 Å². The normalized spacial score (nSPS) is 15.1. The molecule has 69 heavy (non-hydrogen) atoms. The molecule has 0 saturated heterocycles. The maximum atomic E-state index is 12.8. The Morgan fingerprint density at radius 3 is 1.28 bits per heavy atom. The summed E-state index contributed by atoms with van der Waals surface area (Å²) in [6.07, 6.45) is 75.9. The first-order valence-electron chi connectivity index (χ1n) is 27.1. The summed E-state index contributed by atoms with van der Waals surface area (Å²) in [7, 11) is 1.55. The number of carbonyl (C=O) groups excluding carboxylic acids is 1. The van der Waals surface area contributed by atoms with Crippen LogP contribution in [0.25, 0.3) is 0 Å². The predicted molar refractivity (Wildman–Crippen MR) is 299 cm³/mol. The number of phosphoric acid groups is 1. The summed E-state index contributed by atoms with van der Waals surface area (Å²) in [4.78, 5) is 23.0. The van der Waals surface area contributed by atoms with Gasteiger partial charge in [0.2, 0.25) is 5.91 Å². The molecule has 1 amide bonds. The molecule has 0 radical (unpaired) electrons. The Hall–Kier alpha value is -3.36. The van der Waals surface area contributed by atoms with Crippen LogP contribution in [0.2, 0.25) is 0 Å². The number of allylic oxidation sites excluding steroid dienone is 21. The van der Waals surface area contributed by atoms with Gasteiger partial charge < -0.3 is 19.8 Å². The van der Waals surface area contributed by atoms with E-state index >= 15 is 0 Å². The summed E-state index contributed by atoms with van der Waals surface area (Å²) >= 11 is 0. The third kappa shape index (κ3) is 52.3. The Morgan fingerprint density at radius 2 is 0.870 bits per heavy atom. The SMILES string of the molecule is CC/C=C\C/C=C\C/C=C\C/C=C\C/C=C\C/C=C\C/C=C\C/C=C\C/C=C\C/C=C\CCCCCCCCCCCCC(=O)NC(COP(=O)(O)OCC[N+](C)(C)C)C(O)/C=C/CCCCCC. The lowest BCUT2D eigenvalue weighted by Gasteiger charge is -2.25. The van der Waals surface area contributed by atoms with Crippen molar-refractivity contribution in [2.24, 2.45) is 0 Å². The third-order valence-electron chi connectivity index (χ3n) is 11.1. The van der Waals surface area contributed by atoms with Crippen LogP contribution < -0.4 is 5.32 Å². The lowest BCUT2D eigenvalue weighted by molar-refractivity contribution is -0.870. The molecule has 0 spiro atoms. The van der Waals surface area contributed by atoms with Crippen molar-refractivity contribution in [3.8, 4) is 0 Å². The number of phosphoric ester groups is 1. The molecular weight excluding hydrogens is 876 g/mol. The average Bonchev–Trinajstić information content (AvgIpc) is 3.31. The number of rotatable bonds is 47. The molecule has 0 bridgehead atoms. The van der Waals surface area contributed by atoms with E-state index in [1.54, 1.807) is 6.08 Å². The Bertz CT molecular complexity index is 1580. The standard InChI is InChI=1S/C60H101N2O6P/c1-6-8-10-12-14-15-16-17-18-19-20-21-22-23-24-25-26-27-28-29-30-31-32-33-34-35-36-37-38-39-40-41-42-43-44-45-46-47-48-50-52-54-60(64)61-58(59(63)53-51-49-13-11-9-7-2)57-68-69(65,66)67-56-55-62(3,4)5/h8,10,14-15,17-18,20-21,23-24,26-27,29-30,32-33,35-36,38-39,51,53,58-59,63H,6-7,9,11-13,16,19,22,25,28,31,34,37,40-50,52,54-57H2,1-5H3,(H-,61,64,65,66)/p+1/b10-8-,15-14-,18-17-,21-20-,24-23-,27-26-,30-29-,33-32-,36-35-,39-38-,53-51+. The number of aliphatic hydroxyl groups excluding tert-OH is 1. The number of hydrogen-bond acceptors (Lipinski definition) is 5. The highest BCUT2D eigenvalue weighted by Gasteiger charge is 2.27. The minimum atomic E-state index is -4.34. The zero-order valence-corrected chi connectivity index (χ0v) is 45.4. The molecule has 9 heteroatoms. The lowest BCUT2D eigenvalue weighted by atomic mass is 10.0. The molecule has 3 unspecified atom stereocenters. The van der Waals surface area contributed by atoms with Gasteiger partial charge in [-0.3, -0.25) is 13.8 Å². The van der Waals surface area contributed by atoms with Crippen LogP contribution in [0.15, 0.2) is 134 Å². The maximum absolute atomic E-state index is 12.8. The molecule has 0 aromatic rings. The van der Waals surface area contributed by atoms with Gasteiger partial charge in [-0.15, -0.1) is 0 Å². The van der Waals surface area contributed by atoms with Gasteiger partial charge in [0.25, 0.3) is 0 Å². The van der Waals surface area contributed by atoms with Crippen LogP contribution in [0.4, 0.5) is 0 Å². The van der Waals surface area contributed by atoms with E-state index in [-0.39, 0.29) is 19.1 Å². The maximum Gasteiger partial charge on any atom is 0.472 e. The number of carbonyl (C=O) groups is 1. The molecule has 0 aliphatic heterocycles. The van der Waals surface area contributed by atoms with Crippen LogP contribution in [0.1, 0.15) is 187 Å². The molecule has 3 atom stereocenters. The van der Waals surface area contributed by atoms with Crippen LogP contribution >= 0.6 is 7.82 Å². The van der Waals surface area contributed by atoms with E-state index in [1.165, 1.54) is 51.4 Å². The van der Waals surface area contributed by atoms with E-state index in [0.717, 1.165) is 116 Å². The number of aliphatic hydroxyl groups is 1. The van der Waals surface area contributed by atoms with Gasteiger partial charge in [0.05, 0.1) is 39.9 Å². The van der Waals surface area contributed by atoms with E-state index in [1.807, 2.05) is 27.2 Å². The van der Waals surface area contributed by atoms with Crippen LogP contribution in [0.3, 0.4) is 0 Å². The van der Waals surface area contributed by atoms with Crippen LogP contribution in [0, 0.1) is 0 Å². The summed E-state index contributed by atoms with van der Waals surface area (Å²) < 4.78 is 23.4. The van der Waals surface area contributed by atoms with Gasteiger partial charge in [-0.25, -0.2) is 4.57 Å². The van der Waals surface area contributed by atoms with Crippen LogP contribution in [-0.4, -0.2) is 73.4 Å². The first-order valence-corrected chi connectivity index (χ1v) is 28.6. The van der Waals surface area contributed by atoms with Gasteiger partial charge in [-0.2, -0.15) is 0 Å². The van der Waals surface area contributed by atoms with Crippen molar-refractivity contribution >= 4 is 13.7 Å². The molecule has 0 heterocycles. The summed E-state index contributed by atoms with van der Waals surface area (Å²) in [5.41, 5.74) is 0. The van der Waals surface area contributed by atoms with Gasteiger partial charge >= 0.3 is 7.82 Å². The van der Waals surface area contributed by atoms with Crippen molar-refractivity contribution in [2.45, 2.75) is 199 Å². The Labute approximate surface area is 424 Å². The van der Waals surface area contributed by atoms with Crippen molar-refractivity contribution in [2.75, 3.05) is 40.9 Å². The van der Waals surface area contributed by atoms with Gasteiger partial charge in [0.15, 0.2) is 0 Å². The number of nitrogens with zero attached hydrogens (tertiary/aromatic N) is 1. The average molecular weight is 978 g/mol. The Balaban J connectivity index is 3.95. The van der Waals surface area contributed by atoms with E-state index in [4.69, 9.17) is 9.05 Å². The Morgan fingerprint density at radius 1 is 0.507 bits per heavy atom. The van der Waals surface area contributed by atoms with Crippen molar-refractivity contribution in [1.29, 1.82) is 0 Å². The fourth-order valence-electron chi connectivity index (χ4n) is 6.89. The molecule has 0 aromatic heterocycles. The van der Waals surface area contributed by atoms with E-state index in [9.17, 15) is 19.4 Å². The second kappa shape index (κ2) is 49.6. The molecule has 0 aliphatic rings. The number of likely N-dealkylation sites (N-methyl/N-ethyl adjacent to an activating group) is 1. The van der Waals surface area contributed by atoms with E-state index in [0.29, 0.717) is 17.4 Å². The number of amides is 1. The van der Waals surface area contributed by atoms with E-state index in [2.05, 4.69) is 141 Å². The highest BCUT2D eigenvalue weighted by atomic mass is 31.2. The molecule has 0 aliphatic carbocycles. The molecule has 0 aromatic carbocycles. The fraction of sp³-hybridized carbons (Fsp3) is 0.617. The molecular formula is C60H102N2O6P+. The van der Waals surface area contributed by atoms with Gasteiger partial charge in [-0.1, -0.05) is 218 Å². The largest absolute Gasteiger partial charge is 0.472 e. The van der Waals surface area contributed by atoms with Crippen molar-refractivity contribution in [3.05, 3.63) is 134 Å². The van der Waals surface area contributed by atoms with Crippen molar-refractivity contribution in [3.63, 3.8) is 0 Å². The zero-order chi connectivity index (χ0) is 50.6. The van der Waals surface area contributed by atoms with Crippen molar-refractivity contribution < 1.29 is 32.9 Å². The fourth-order valence-corrected chi connectivity index (χ4v) is 7.63. The molecule has 0 saturated carbocycles. The Kier molecular flexibility index (Phi) is 47.2. The van der Waals surface area contributed by atoms with Crippen LogP contribution in [-0.2, 0) is 18.4 Å². The minimum Gasteiger partial charge on any atom is -0.387 e. The van der Waals surface area contributed by atoms with Crippen molar-refractivity contribution in [1.82, 2.24) is 5.32 Å². The first kappa shape index (κ1) is 65.6. The number of hydrogen-bond donors (Lipinski definition) is 3. The topological polar surface area (TPSA) is 105 Å². The monoisotopic (exact) mass is 978 g/mol. The highest BCUT2D eigenvalue weighted by Crippen LogP contribution is 2.43. The molecule has 0 rings (SSSR count). The van der Waals surface area contributed by atoms with Gasteiger partial charge in [0, 0.05) is 6.42 Å². The highest BCUT2D eigenvalue weighted by molar-refractivity contribution is 7.47. The number of quaternary nitrogens is 1. The molecule has 8 nitrogen and oxygen atoms in total. The summed E-state index contributed by atoms with van der Waals surface area (Å²) in [6.45, 7) is 4.58. The summed E-state index contributed by atoms with van der Waals surface area (Å²) in [6, 6.07) is -0.853. The quantitative estimate of drug-likeness (QED) is 0.0243. The second-order valence-corrected chi connectivity index (χ2v) is 20.3. The molecule has 392 valence electrons. The lowest BCUT2D eigenvalue weighted by Crippen LogP contribution is -2.45. The molecule has 0 fully saturated rings. The predicted octanol–water partition coefficient (Wildman–Crippen LogP) is 16.4. The number of nitrogens with one attached hydrogen (secondary N) is 1.